The number of nitrogens with zero attached hydrogens (tertiary/aromatic N) is 2. The van der Waals surface area contributed by atoms with Crippen molar-refractivity contribution < 1.29 is 4.79 Å². The summed E-state index contributed by atoms with van der Waals surface area (Å²) in [5.41, 5.74) is 0. The van der Waals surface area contributed by atoms with Gasteiger partial charge in [-0.1, -0.05) is 25.7 Å². The highest BCUT2D eigenvalue weighted by Gasteiger charge is 2.32. The summed E-state index contributed by atoms with van der Waals surface area (Å²) < 4.78 is 0. The van der Waals surface area contributed by atoms with Crippen molar-refractivity contribution in [1.29, 1.82) is 0 Å². The van der Waals surface area contributed by atoms with E-state index in [0.717, 1.165) is 38.4 Å². The van der Waals surface area contributed by atoms with Crippen LogP contribution in [0.15, 0.2) is 0 Å². The van der Waals surface area contributed by atoms with Crippen molar-refractivity contribution in [2.75, 3.05) is 26.2 Å². The summed E-state index contributed by atoms with van der Waals surface area (Å²) in [6, 6.07) is 1.11. The Bertz CT molecular complexity index is 304. The van der Waals surface area contributed by atoms with Crippen LogP contribution >= 0.6 is 0 Å². The molecular weight excluding hydrogens is 236 g/mol. The van der Waals surface area contributed by atoms with Crippen molar-refractivity contribution in [3.63, 3.8) is 0 Å². The highest BCUT2D eigenvalue weighted by atomic mass is 16.1. The molecule has 0 amide bonds. The van der Waals surface area contributed by atoms with Gasteiger partial charge in [0.25, 0.3) is 0 Å². The van der Waals surface area contributed by atoms with Crippen LogP contribution < -0.4 is 0 Å². The molecule has 1 atom stereocenters. The molecule has 0 spiro atoms. The van der Waals surface area contributed by atoms with Crippen LogP contribution in [0.2, 0.25) is 0 Å². The minimum Gasteiger partial charge on any atom is -0.298 e. The number of hydrogen-bond donors (Lipinski definition) is 0. The van der Waals surface area contributed by atoms with Gasteiger partial charge in [0.1, 0.15) is 5.78 Å². The SMILES string of the molecule is O=C1CCCCCC1N1CCN(C2CCCC2)CC1. The molecule has 3 heteroatoms. The van der Waals surface area contributed by atoms with Gasteiger partial charge in [0.05, 0.1) is 6.04 Å². The van der Waals surface area contributed by atoms with E-state index in [-0.39, 0.29) is 6.04 Å². The lowest BCUT2D eigenvalue weighted by Gasteiger charge is -2.40. The summed E-state index contributed by atoms with van der Waals surface area (Å²) >= 11 is 0. The minimum atomic E-state index is 0.258. The number of carbonyl (C=O) groups excluding carboxylic acids is 1. The third-order valence-electron chi connectivity index (χ3n) is 5.40. The number of Topliss-reactive ketones (excluding diaryl/α,β-unsaturated/α-hetero) is 1. The molecule has 3 nitrogen and oxygen atoms in total. The Morgan fingerprint density at radius 3 is 2.11 bits per heavy atom. The Morgan fingerprint density at radius 1 is 0.737 bits per heavy atom. The van der Waals surface area contributed by atoms with Crippen molar-refractivity contribution in [1.82, 2.24) is 9.80 Å². The predicted octanol–water partition coefficient (Wildman–Crippen LogP) is 2.45. The highest BCUT2D eigenvalue weighted by Crippen LogP contribution is 2.26. The number of piperazine rings is 1. The lowest BCUT2D eigenvalue weighted by molar-refractivity contribution is -0.125. The second-order valence-electron chi connectivity index (χ2n) is 6.59. The second-order valence-corrected chi connectivity index (χ2v) is 6.59. The topological polar surface area (TPSA) is 23.6 Å². The Hall–Kier alpha value is -0.410. The number of carbonyl (C=O) groups is 1. The first-order chi connectivity index (χ1) is 9.34. The van der Waals surface area contributed by atoms with E-state index in [1.807, 2.05) is 0 Å². The summed E-state index contributed by atoms with van der Waals surface area (Å²) in [7, 11) is 0. The maximum Gasteiger partial charge on any atom is 0.149 e. The molecule has 1 saturated heterocycles. The zero-order chi connectivity index (χ0) is 13.1. The minimum absolute atomic E-state index is 0.258. The third-order valence-corrected chi connectivity index (χ3v) is 5.40. The van der Waals surface area contributed by atoms with Gasteiger partial charge in [0.15, 0.2) is 0 Å². The molecule has 3 fully saturated rings. The van der Waals surface area contributed by atoms with Crippen molar-refractivity contribution in [2.24, 2.45) is 0 Å². The Labute approximate surface area is 117 Å². The number of hydrogen-bond acceptors (Lipinski definition) is 3. The highest BCUT2D eigenvalue weighted by molar-refractivity contribution is 5.84. The maximum absolute atomic E-state index is 12.2. The van der Waals surface area contributed by atoms with Gasteiger partial charge in [0.2, 0.25) is 0 Å². The fourth-order valence-electron chi connectivity index (χ4n) is 4.21. The van der Waals surface area contributed by atoms with Gasteiger partial charge in [-0.25, -0.2) is 0 Å². The average Bonchev–Trinajstić information content (AvgIpc) is 2.89. The van der Waals surface area contributed by atoms with Crippen LogP contribution in [0, 0.1) is 0 Å². The van der Waals surface area contributed by atoms with Crippen LogP contribution in [0.1, 0.15) is 57.8 Å². The van der Waals surface area contributed by atoms with Gasteiger partial charge in [-0.15, -0.1) is 0 Å². The molecule has 19 heavy (non-hydrogen) atoms. The van der Waals surface area contributed by atoms with Crippen LogP contribution in [0.3, 0.4) is 0 Å². The monoisotopic (exact) mass is 264 g/mol. The normalized spacial score (nSPS) is 32.6. The van der Waals surface area contributed by atoms with Gasteiger partial charge in [-0.05, 0) is 25.7 Å². The van der Waals surface area contributed by atoms with Gasteiger partial charge >= 0.3 is 0 Å². The molecule has 0 N–H and O–H groups in total. The second kappa shape index (κ2) is 6.36. The summed E-state index contributed by atoms with van der Waals surface area (Å²) in [6.07, 6.45) is 11.2. The third kappa shape index (κ3) is 3.19. The molecule has 1 unspecified atom stereocenters. The van der Waals surface area contributed by atoms with E-state index >= 15 is 0 Å². The molecule has 0 bridgehead atoms. The molecule has 0 aromatic rings. The molecule has 108 valence electrons. The van der Waals surface area contributed by atoms with Crippen LogP contribution in [-0.2, 0) is 4.79 Å². The van der Waals surface area contributed by atoms with E-state index in [4.69, 9.17) is 0 Å². The molecule has 1 heterocycles. The van der Waals surface area contributed by atoms with Gasteiger partial charge in [-0.2, -0.15) is 0 Å². The standard InChI is InChI=1S/C16H28N2O/c19-16-9-3-1-2-8-15(16)18-12-10-17(11-13-18)14-6-4-5-7-14/h14-15H,1-13H2. The molecule has 2 aliphatic carbocycles. The van der Waals surface area contributed by atoms with Crippen LogP contribution in [0.4, 0.5) is 0 Å². The van der Waals surface area contributed by atoms with Crippen molar-refractivity contribution in [2.45, 2.75) is 69.9 Å². The van der Waals surface area contributed by atoms with Gasteiger partial charge in [0, 0.05) is 38.6 Å². The molecule has 0 radical (unpaired) electrons. The van der Waals surface area contributed by atoms with Crippen LogP contribution in [0.25, 0.3) is 0 Å². The predicted molar refractivity (Wildman–Crippen MR) is 77.3 cm³/mol. The lowest BCUT2D eigenvalue weighted by Crippen LogP contribution is -2.54. The van der Waals surface area contributed by atoms with Crippen molar-refractivity contribution in [3.05, 3.63) is 0 Å². The van der Waals surface area contributed by atoms with E-state index in [1.54, 1.807) is 0 Å². The molecule has 0 aromatic heterocycles. The van der Waals surface area contributed by atoms with Gasteiger partial charge in [-0.3, -0.25) is 14.6 Å². The number of rotatable bonds is 2. The molecule has 1 aliphatic heterocycles. The molecule has 0 aromatic carbocycles. The van der Waals surface area contributed by atoms with Crippen LogP contribution in [-0.4, -0.2) is 53.8 Å². The maximum atomic E-state index is 12.2. The van der Waals surface area contributed by atoms with E-state index in [0.29, 0.717) is 5.78 Å². The van der Waals surface area contributed by atoms with E-state index in [9.17, 15) is 4.79 Å². The summed E-state index contributed by atoms with van der Waals surface area (Å²) in [5, 5.41) is 0. The fraction of sp³-hybridized carbons (Fsp3) is 0.938. The zero-order valence-electron chi connectivity index (χ0n) is 12.1. The Morgan fingerprint density at radius 2 is 1.37 bits per heavy atom. The first-order valence-electron chi connectivity index (χ1n) is 8.35. The number of ketones is 1. The van der Waals surface area contributed by atoms with E-state index in [1.165, 1.54) is 51.6 Å². The molecule has 3 aliphatic rings. The molecule has 3 rings (SSSR count). The van der Waals surface area contributed by atoms with Crippen LogP contribution in [0.5, 0.6) is 0 Å². The first-order valence-corrected chi connectivity index (χ1v) is 8.35. The van der Waals surface area contributed by atoms with Crippen molar-refractivity contribution in [3.8, 4) is 0 Å². The summed E-state index contributed by atoms with van der Waals surface area (Å²) in [4.78, 5) is 17.4. The summed E-state index contributed by atoms with van der Waals surface area (Å²) in [6.45, 7) is 4.61. The van der Waals surface area contributed by atoms with E-state index < -0.39 is 0 Å². The first kappa shape index (κ1) is 13.6. The molecule has 2 saturated carbocycles. The smallest absolute Gasteiger partial charge is 0.149 e. The average molecular weight is 264 g/mol. The Kier molecular flexibility index (Phi) is 4.54. The van der Waals surface area contributed by atoms with Crippen molar-refractivity contribution >= 4 is 5.78 Å². The van der Waals surface area contributed by atoms with E-state index in [2.05, 4.69) is 9.80 Å². The fourth-order valence-corrected chi connectivity index (χ4v) is 4.21. The Balaban J connectivity index is 1.52. The van der Waals surface area contributed by atoms with Gasteiger partial charge < -0.3 is 0 Å². The quantitative estimate of drug-likeness (QED) is 0.716. The lowest BCUT2D eigenvalue weighted by atomic mass is 10.0. The molecular formula is C16H28N2O. The summed E-state index contributed by atoms with van der Waals surface area (Å²) in [5.74, 6) is 0.520. The zero-order valence-corrected chi connectivity index (χ0v) is 12.1. The largest absolute Gasteiger partial charge is 0.298 e.